The van der Waals surface area contributed by atoms with Crippen molar-refractivity contribution in [1.29, 1.82) is 0 Å². The second-order valence-electron chi connectivity index (χ2n) is 7.90. The number of rotatable bonds is 5. The molecule has 1 saturated heterocycles. The quantitative estimate of drug-likeness (QED) is 0.721. The van der Waals surface area contributed by atoms with Gasteiger partial charge in [0.05, 0.1) is 17.1 Å². The van der Waals surface area contributed by atoms with Crippen molar-refractivity contribution in [3.05, 3.63) is 45.9 Å². The van der Waals surface area contributed by atoms with Gasteiger partial charge in [0.25, 0.3) is 0 Å². The number of hydrogen-bond acceptors (Lipinski definition) is 4. The van der Waals surface area contributed by atoms with Gasteiger partial charge in [-0.25, -0.2) is 14.5 Å². The van der Waals surface area contributed by atoms with Crippen LogP contribution in [-0.4, -0.2) is 35.5 Å². The third-order valence-electron chi connectivity index (χ3n) is 6.05. The van der Waals surface area contributed by atoms with Gasteiger partial charge in [-0.15, -0.1) is 0 Å². The van der Waals surface area contributed by atoms with E-state index in [2.05, 4.69) is 48.7 Å². The summed E-state index contributed by atoms with van der Waals surface area (Å²) in [5, 5.41) is 5.30. The number of H-pyrrole nitrogens is 1. The number of aromatic nitrogens is 5. The van der Waals surface area contributed by atoms with Crippen molar-refractivity contribution in [3.63, 3.8) is 0 Å². The van der Waals surface area contributed by atoms with Crippen LogP contribution in [0.4, 0.5) is 0 Å². The number of aryl methyl sites for hydroxylation is 2. The molecule has 6 nitrogen and oxygen atoms in total. The van der Waals surface area contributed by atoms with E-state index in [1.807, 2.05) is 6.92 Å². The van der Waals surface area contributed by atoms with E-state index in [4.69, 9.17) is 11.6 Å². The Morgan fingerprint density at radius 2 is 2.22 bits per heavy atom. The zero-order valence-corrected chi connectivity index (χ0v) is 16.6. The van der Waals surface area contributed by atoms with Gasteiger partial charge in [-0.3, -0.25) is 4.90 Å². The molecule has 2 aliphatic heterocycles. The summed E-state index contributed by atoms with van der Waals surface area (Å²) in [5.74, 6) is 1.01. The third kappa shape index (κ3) is 2.86. The fourth-order valence-corrected chi connectivity index (χ4v) is 4.94. The maximum Gasteiger partial charge on any atom is 0.155 e. The molecule has 5 heterocycles. The first-order valence-electron chi connectivity index (χ1n) is 9.97. The predicted molar refractivity (Wildman–Crippen MR) is 105 cm³/mol. The van der Waals surface area contributed by atoms with Gasteiger partial charge in [-0.2, -0.15) is 5.10 Å². The van der Waals surface area contributed by atoms with Crippen LogP contribution in [-0.2, 0) is 19.4 Å². The predicted octanol–water partition coefficient (Wildman–Crippen LogP) is 4.02. The molecule has 3 aromatic rings. The summed E-state index contributed by atoms with van der Waals surface area (Å²) < 4.78 is 2.05. The number of unbranched alkanes of at least 4 members (excludes halogenated alkanes) is 1. The van der Waals surface area contributed by atoms with Crippen LogP contribution >= 0.6 is 11.6 Å². The Kier molecular flexibility index (Phi) is 4.20. The van der Waals surface area contributed by atoms with Gasteiger partial charge in [-0.05, 0) is 26.2 Å². The summed E-state index contributed by atoms with van der Waals surface area (Å²) in [6, 6.07) is 2.96. The Balaban J connectivity index is 1.45. The van der Waals surface area contributed by atoms with Crippen molar-refractivity contribution in [1.82, 2.24) is 29.5 Å². The number of nitrogens with zero attached hydrogens (tertiary/aromatic N) is 5. The van der Waals surface area contributed by atoms with Gasteiger partial charge < -0.3 is 4.98 Å². The van der Waals surface area contributed by atoms with Crippen molar-refractivity contribution < 1.29 is 0 Å². The number of fused-ring (bicyclic) bond motifs is 6. The fourth-order valence-electron chi connectivity index (χ4n) is 4.73. The number of imidazole rings is 1. The summed E-state index contributed by atoms with van der Waals surface area (Å²) in [6.07, 6.45) is 8.71. The molecular formula is C20H25ClN6. The van der Waals surface area contributed by atoms with Crippen LogP contribution in [0, 0.1) is 6.92 Å². The number of nitrogens with one attached hydrogen (secondary N) is 1. The molecule has 142 valence electrons. The molecular weight excluding hydrogens is 360 g/mol. The molecule has 1 N–H and O–H groups in total. The molecule has 27 heavy (non-hydrogen) atoms. The highest BCUT2D eigenvalue weighted by Gasteiger charge is 2.41. The highest BCUT2D eigenvalue weighted by Crippen LogP contribution is 2.44. The molecule has 0 spiro atoms. The molecule has 0 saturated carbocycles. The minimum Gasteiger partial charge on any atom is -0.344 e. The molecule has 0 radical (unpaired) electrons. The third-order valence-corrected chi connectivity index (χ3v) is 6.37. The van der Waals surface area contributed by atoms with Crippen molar-refractivity contribution in [3.8, 4) is 0 Å². The van der Waals surface area contributed by atoms with Crippen LogP contribution in [0.5, 0.6) is 0 Å². The first kappa shape index (κ1) is 17.2. The van der Waals surface area contributed by atoms with E-state index in [0.717, 1.165) is 55.1 Å². The molecule has 2 aliphatic rings. The van der Waals surface area contributed by atoms with Gasteiger partial charge in [0.15, 0.2) is 10.8 Å². The molecule has 2 unspecified atom stereocenters. The molecule has 7 heteroatoms. The van der Waals surface area contributed by atoms with Crippen LogP contribution < -0.4 is 0 Å². The maximum absolute atomic E-state index is 6.44. The zero-order valence-electron chi connectivity index (χ0n) is 15.9. The Labute approximate surface area is 164 Å². The average Bonchev–Trinajstić information content (AvgIpc) is 3.28. The highest BCUT2D eigenvalue weighted by molar-refractivity contribution is 6.30. The van der Waals surface area contributed by atoms with Crippen LogP contribution in [0.3, 0.4) is 0 Å². The van der Waals surface area contributed by atoms with E-state index < -0.39 is 0 Å². The molecule has 5 rings (SSSR count). The van der Waals surface area contributed by atoms with Crippen molar-refractivity contribution >= 4 is 17.2 Å². The van der Waals surface area contributed by atoms with Crippen LogP contribution in [0.15, 0.2) is 12.3 Å². The van der Waals surface area contributed by atoms with E-state index in [-0.39, 0.29) is 0 Å². The van der Waals surface area contributed by atoms with Gasteiger partial charge in [-0.1, -0.05) is 24.9 Å². The molecule has 1 fully saturated rings. The second kappa shape index (κ2) is 6.60. The lowest BCUT2D eigenvalue weighted by atomic mass is 9.99. The van der Waals surface area contributed by atoms with Crippen molar-refractivity contribution in [2.75, 3.05) is 0 Å². The van der Waals surface area contributed by atoms with E-state index in [0.29, 0.717) is 17.2 Å². The molecule has 2 atom stereocenters. The molecule has 0 aliphatic carbocycles. The Morgan fingerprint density at radius 3 is 3.07 bits per heavy atom. The average molecular weight is 385 g/mol. The van der Waals surface area contributed by atoms with Gasteiger partial charge in [0.1, 0.15) is 5.82 Å². The Hall–Kier alpha value is -1.92. The van der Waals surface area contributed by atoms with Crippen molar-refractivity contribution in [2.24, 2.45) is 0 Å². The minimum absolute atomic E-state index is 0.388. The SMILES string of the molecule is CCCCc1nc(Cl)c(CN2C3CCC2c2cnc4cc(C)nn4c2C3)[nH]1. The molecule has 2 bridgehead atoms. The number of hydrogen-bond donors (Lipinski definition) is 1. The number of aromatic amines is 1. The smallest absolute Gasteiger partial charge is 0.155 e. The largest absolute Gasteiger partial charge is 0.344 e. The topological polar surface area (TPSA) is 62.1 Å². The van der Waals surface area contributed by atoms with E-state index in [9.17, 15) is 0 Å². The molecule has 0 amide bonds. The first-order valence-corrected chi connectivity index (χ1v) is 10.3. The van der Waals surface area contributed by atoms with Gasteiger partial charge in [0.2, 0.25) is 0 Å². The van der Waals surface area contributed by atoms with E-state index >= 15 is 0 Å². The summed E-state index contributed by atoms with van der Waals surface area (Å²) in [6.45, 7) is 5.05. The molecule has 3 aromatic heterocycles. The lowest BCUT2D eigenvalue weighted by Crippen LogP contribution is -2.38. The summed E-state index contributed by atoms with van der Waals surface area (Å²) in [5.41, 5.74) is 5.68. The van der Waals surface area contributed by atoms with E-state index in [1.54, 1.807) is 0 Å². The maximum atomic E-state index is 6.44. The lowest BCUT2D eigenvalue weighted by molar-refractivity contribution is 0.163. The standard InChI is InChI=1S/C20H25ClN6/c1-3-4-5-18-23-15(20(21)24-18)11-26-13-6-7-16(26)14-10-22-19-8-12(2)25-27(19)17(14)9-13/h8,10,13,16H,3-7,9,11H2,1-2H3,(H,23,24). The Morgan fingerprint density at radius 1 is 1.33 bits per heavy atom. The van der Waals surface area contributed by atoms with Crippen LogP contribution in [0.2, 0.25) is 5.15 Å². The summed E-state index contributed by atoms with van der Waals surface area (Å²) >= 11 is 6.44. The minimum atomic E-state index is 0.388. The zero-order chi connectivity index (χ0) is 18.5. The van der Waals surface area contributed by atoms with Crippen LogP contribution in [0.25, 0.3) is 5.65 Å². The second-order valence-corrected chi connectivity index (χ2v) is 8.25. The van der Waals surface area contributed by atoms with Crippen molar-refractivity contribution in [2.45, 2.75) is 71.0 Å². The van der Waals surface area contributed by atoms with Crippen LogP contribution in [0.1, 0.15) is 67.1 Å². The molecule has 0 aromatic carbocycles. The monoisotopic (exact) mass is 384 g/mol. The Bertz CT molecular complexity index is 990. The first-order chi connectivity index (χ1) is 13.1. The normalized spacial score (nSPS) is 21.9. The lowest BCUT2D eigenvalue weighted by Gasteiger charge is -2.35. The fraction of sp³-hybridized carbons (Fsp3) is 0.550. The summed E-state index contributed by atoms with van der Waals surface area (Å²) in [4.78, 5) is 15.2. The summed E-state index contributed by atoms with van der Waals surface area (Å²) in [7, 11) is 0. The van der Waals surface area contributed by atoms with Gasteiger partial charge >= 0.3 is 0 Å². The van der Waals surface area contributed by atoms with Gasteiger partial charge in [0, 0.05) is 49.3 Å². The highest BCUT2D eigenvalue weighted by atomic mass is 35.5. The van der Waals surface area contributed by atoms with E-state index in [1.165, 1.54) is 24.1 Å². The number of halogens is 1.